The third kappa shape index (κ3) is 2.83. The van der Waals surface area contributed by atoms with E-state index in [1.807, 2.05) is 0 Å². The SMILES string of the molecule is CCC(C)(CN)N1CCN(C2CCCC2)CC1. The Bertz CT molecular complexity index is 224. The second-order valence-electron chi connectivity index (χ2n) is 6.02. The standard InChI is InChI=1S/C14H29N3/c1-3-14(2,12-15)17-10-8-16(9-11-17)13-6-4-5-7-13/h13H,3-12,15H2,1-2H3. The Labute approximate surface area is 106 Å². The molecule has 1 aliphatic carbocycles. The molecule has 3 heteroatoms. The van der Waals surface area contributed by atoms with Crippen LogP contribution in [0.4, 0.5) is 0 Å². The zero-order valence-corrected chi connectivity index (χ0v) is 11.6. The Kier molecular flexibility index (Phi) is 4.45. The van der Waals surface area contributed by atoms with Crippen LogP contribution < -0.4 is 5.73 Å². The fraction of sp³-hybridized carbons (Fsp3) is 1.00. The third-order valence-electron chi connectivity index (χ3n) is 5.12. The highest BCUT2D eigenvalue weighted by Crippen LogP contribution is 2.26. The van der Waals surface area contributed by atoms with Crippen LogP contribution in [0.3, 0.4) is 0 Å². The lowest BCUT2D eigenvalue weighted by molar-refractivity contribution is 0.0284. The molecule has 2 aliphatic rings. The Morgan fingerprint density at radius 3 is 2.18 bits per heavy atom. The summed E-state index contributed by atoms with van der Waals surface area (Å²) in [6.07, 6.45) is 6.91. The van der Waals surface area contributed by atoms with E-state index in [4.69, 9.17) is 5.73 Å². The topological polar surface area (TPSA) is 32.5 Å². The van der Waals surface area contributed by atoms with Gasteiger partial charge in [-0.15, -0.1) is 0 Å². The van der Waals surface area contributed by atoms with Crippen LogP contribution in [-0.4, -0.2) is 54.1 Å². The highest BCUT2D eigenvalue weighted by molar-refractivity contribution is 4.91. The average Bonchev–Trinajstić information content (AvgIpc) is 2.92. The molecule has 3 nitrogen and oxygen atoms in total. The summed E-state index contributed by atoms with van der Waals surface area (Å²) < 4.78 is 0. The van der Waals surface area contributed by atoms with Gasteiger partial charge in [-0.2, -0.15) is 0 Å². The van der Waals surface area contributed by atoms with Crippen LogP contribution in [-0.2, 0) is 0 Å². The highest BCUT2D eigenvalue weighted by atomic mass is 15.3. The minimum absolute atomic E-state index is 0.224. The van der Waals surface area contributed by atoms with Crippen molar-refractivity contribution in [2.75, 3.05) is 32.7 Å². The van der Waals surface area contributed by atoms with E-state index in [1.165, 1.54) is 51.9 Å². The van der Waals surface area contributed by atoms with Gasteiger partial charge in [0.2, 0.25) is 0 Å². The second-order valence-corrected chi connectivity index (χ2v) is 6.02. The molecule has 0 amide bonds. The summed E-state index contributed by atoms with van der Waals surface area (Å²) in [4.78, 5) is 5.33. The van der Waals surface area contributed by atoms with Gasteiger partial charge in [0.1, 0.15) is 0 Å². The van der Waals surface area contributed by atoms with Crippen molar-refractivity contribution in [3.05, 3.63) is 0 Å². The Balaban J connectivity index is 1.84. The lowest BCUT2D eigenvalue weighted by atomic mass is 9.95. The molecule has 1 saturated carbocycles. The van der Waals surface area contributed by atoms with Crippen LogP contribution in [0.2, 0.25) is 0 Å². The van der Waals surface area contributed by atoms with E-state index < -0.39 is 0 Å². The summed E-state index contributed by atoms with van der Waals surface area (Å²) in [6.45, 7) is 10.3. The molecule has 1 aliphatic heterocycles. The average molecular weight is 239 g/mol. The number of hydrogen-bond acceptors (Lipinski definition) is 3. The number of nitrogens with zero attached hydrogens (tertiary/aromatic N) is 2. The quantitative estimate of drug-likeness (QED) is 0.810. The molecule has 2 N–H and O–H groups in total. The maximum atomic E-state index is 5.95. The van der Waals surface area contributed by atoms with Crippen LogP contribution in [0, 0.1) is 0 Å². The summed E-state index contributed by atoms with van der Waals surface area (Å²) >= 11 is 0. The molecule has 2 rings (SSSR count). The number of hydrogen-bond donors (Lipinski definition) is 1. The fourth-order valence-electron chi connectivity index (χ4n) is 3.39. The molecule has 0 radical (unpaired) electrons. The molecule has 0 aromatic rings. The lowest BCUT2D eigenvalue weighted by Gasteiger charge is -2.46. The van der Waals surface area contributed by atoms with Gasteiger partial charge in [0.25, 0.3) is 0 Å². The normalized spacial score (nSPS) is 28.4. The Hall–Kier alpha value is -0.120. The van der Waals surface area contributed by atoms with Crippen molar-refractivity contribution in [3.63, 3.8) is 0 Å². The van der Waals surface area contributed by atoms with Crippen molar-refractivity contribution >= 4 is 0 Å². The molecular weight excluding hydrogens is 210 g/mol. The minimum Gasteiger partial charge on any atom is -0.329 e. The molecule has 0 aromatic carbocycles. The zero-order valence-electron chi connectivity index (χ0n) is 11.6. The minimum atomic E-state index is 0.224. The monoisotopic (exact) mass is 239 g/mol. The van der Waals surface area contributed by atoms with Crippen LogP contribution in [0.5, 0.6) is 0 Å². The largest absolute Gasteiger partial charge is 0.329 e. The van der Waals surface area contributed by atoms with Crippen LogP contribution in [0.25, 0.3) is 0 Å². The first-order chi connectivity index (χ1) is 8.19. The molecule has 2 fully saturated rings. The molecule has 100 valence electrons. The first kappa shape index (κ1) is 13.3. The lowest BCUT2D eigenvalue weighted by Crippen LogP contribution is -2.59. The van der Waals surface area contributed by atoms with Crippen LogP contribution in [0.1, 0.15) is 46.0 Å². The van der Waals surface area contributed by atoms with Gasteiger partial charge in [0.05, 0.1) is 0 Å². The Morgan fingerprint density at radius 2 is 1.71 bits per heavy atom. The van der Waals surface area contributed by atoms with Gasteiger partial charge in [-0.25, -0.2) is 0 Å². The summed E-state index contributed by atoms with van der Waals surface area (Å²) in [6, 6.07) is 0.892. The van der Waals surface area contributed by atoms with E-state index >= 15 is 0 Å². The third-order valence-corrected chi connectivity index (χ3v) is 5.12. The molecule has 0 bridgehead atoms. The van der Waals surface area contributed by atoms with Crippen LogP contribution in [0.15, 0.2) is 0 Å². The smallest absolute Gasteiger partial charge is 0.0302 e. The van der Waals surface area contributed by atoms with E-state index in [0.29, 0.717) is 0 Å². The molecule has 1 heterocycles. The van der Waals surface area contributed by atoms with Gasteiger partial charge in [-0.1, -0.05) is 19.8 Å². The van der Waals surface area contributed by atoms with Crippen molar-refractivity contribution in [3.8, 4) is 0 Å². The Morgan fingerprint density at radius 1 is 1.12 bits per heavy atom. The predicted molar refractivity (Wildman–Crippen MR) is 73.2 cm³/mol. The molecule has 17 heavy (non-hydrogen) atoms. The number of piperazine rings is 1. The summed E-state index contributed by atoms with van der Waals surface area (Å²) in [5.41, 5.74) is 6.17. The highest BCUT2D eigenvalue weighted by Gasteiger charge is 2.33. The number of rotatable bonds is 4. The van der Waals surface area contributed by atoms with Gasteiger partial charge in [0.15, 0.2) is 0 Å². The van der Waals surface area contributed by atoms with Gasteiger partial charge in [0, 0.05) is 44.3 Å². The molecular formula is C14H29N3. The maximum Gasteiger partial charge on any atom is 0.0302 e. The molecule has 0 spiro atoms. The predicted octanol–water partition coefficient (Wildman–Crippen LogP) is 1.67. The summed E-state index contributed by atoms with van der Waals surface area (Å²) in [5.74, 6) is 0. The molecule has 1 saturated heterocycles. The van der Waals surface area contributed by atoms with E-state index in [1.54, 1.807) is 0 Å². The first-order valence-electron chi connectivity index (χ1n) is 7.39. The molecule has 1 unspecified atom stereocenters. The fourth-order valence-corrected chi connectivity index (χ4v) is 3.39. The van der Waals surface area contributed by atoms with E-state index in [0.717, 1.165) is 19.0 Å². The van der Waals surface area contributed by atoms with Crippen molar-refractivity contribution in [1.29, 1.82) is 0 Å². The van der Waals surface area contributed by atoms with Crippen molar-refractivity contribution in [2.24, 2.45) is 5.73 Å². The van der Waals surface area contributed by atoms with Gasteiger partial charge >= 0.3 is 0 Å². The molecule has 0 aromatic heterocycles. The van der Waals surface area contributed by atoms with Crippen LogP contribution >= 0.6 is 0 Å². The number of nitrogens with two attached hydrogens (primary N) is 1. The van der Waals surface area contributed by atoms with E-state index in [9.17, 15) is 0 Å². The van der Waals surface area contributed by atoms with Crippen molar-refractivity contribution in [1.82, 2.24) is 9.80 Å². The van der Waals surface area contributed by atoms with Gasteiger partial charge in [-0.05, 0) is 26.2 Å². The second kappa shape index (κ2) is 5.68. The van der Waals surface area contributed by atoms with Gasteiger partial charge in [-0.3, -0.25) is 9.80 Å². The first-order valence-corrected chi connectivity index (χ1v) is 7.39. The zero-order chi connectivity index (χ0) is 12.3. The van der Waals surface area contributed by atoms with E-state index in [-0.39, 0.29) is 5.54 Å². The van der Waals surface area contributed by atoms with E-state index in [2.05, 4.69) is 23.6 Å². The van der Waals surface area contributed by atoms with Crippen molar-refractivity contribution < 1.29 is 0 Å². The van der Waals surface area contributed by atoms with Gasteiger partial charge < -0.3 is 5.73 Å². The molecule has 1 atom stereocenters. The summed E-state index contributed by atoms with van der Waals surface area (Å²) in [5, 5.41) is 0. The summed E-state index contributed by atoms with van der Waals surface area (Å²) in [7, 11) is 0. The van der Waals surface area contributed by atoms with Crippen molar-refractivity contribution in [2.45, 2.75) is 57.5 Å². The maximum absolute atomic E-state index is 5.95.